The number of nitrogens with two attached hydrogens (primary N) is 2. The molecule has 19 nitrogen and oxygen atoms in total. The zero-order valence-corrected chi connectivity index (χ0v) is 31.9. The number of fused-ring (bicyclic) bond motifs is 2. The minimum Gasteiger partial charge on any atom is -0.507 e. The number of pyridine rings is 1. The van der Waals surface area contributed by atoms with Crippen molar-refractivity contribution in [2.75, 3.05) is 33.0 Å². The molecule has 1 aliphatic carbocycles. The molecule has 6 atom stereocenters. The number of methoxy groups -OCH3 is 1. The number of ketones is 2. The van der Waals surface area contributed by atoms with E-state index in [4.69, 9.17) is 25.7 Å². The molecule has 0 saturated carbocycles. The van der Waals surface area contributed by atoms with Crippen LogP contribution in [0.5, 0.6) is 17.2 Å². The van der Waals surface area contributed by atoms with E-state index in [1.54, 1.807) is 13.8 Å². The number of nitrogen functional groups attached to an aromatic ring is 1. The summed E-state index contributed by atoms with van der Waals surface area (Å²) in [6, 6.07) is 5.52. The van der Waals surface area contributed by atoms with Crippen LogP contribution in [0.3, 0.4) is 0 Å². The fourth-order valence-electron chi connectivity index (χ4n) is 7.68. The summed E-state index contributed by atoms with van der Waals surface area (Å²) in [5, 5.41) is 72.0. The summed E-state index contributed by atoms with van der Waals surface area (Å²) in [6.45, 7) is 1.49. The molecule has 308 valence electrons. The van der Waals surface area contributed by atoms with Gasteiger partial charge in [0.15, 0.2) is 11.7 Å². The highest BCUT2D eigenvalue weighted by atomic mass is 16.8. The maximum absolute atomic E-state index is 14.5. The zero-order chi connectivity index (χ0) is 42.4. The molecule has 1 fully saturated rings. The number of nitrogens with one attached hydrogen (secondary N) is 1. The number of benzene rings is 2. The number of aliphatic hydroxyl groups is 5. The zero-order valence-electron chi connectivity index (χ0n) is 31.9. The van der Waals surface area contributed by atoms with Gasteiger partial charge in [0, 0.05) is 72.7 Å². The number of hydrogen-bond acceptors (Lipinski definition) is 16. The molecule has 0 spiro atoms. The molecule has 2 amide bonds. The van der Waals surface area contributed by atoms with E-state index in [9.17, 15) is 49.8 Å². The van der Waals surface area contributed by atoms with Gasteiger partial charge in [-0.3, -0.25) is 29.1 Å². The van der Waals surface area contributed by atoms with E-state index in [1.165, 1.54) is 44.6 Å². The van der Waals surface area contributed by atoms with E-state index >= 15 is 0 Å². The van der Waals surface area contributed by atoms with Crippen LogP contribution in [-0.4, -0.2) is 127 Å². The molecular formula is C39H44N6O13. The molecule has 2 aliphatic heterocycles. The molecule has 0 bridgehead atoms. The number of aromatic nitrogens is 1. The number of carbonyl (C=O) groups is 4. The van der Waals surface area contributed by atoms with Gasteiger partial charge in [-0.25, -0.2) is 4.98 Å². The predicted molar refractivity (Wildman–Crippen MR) is 203 cm³/mol. The number of amides is 2. The number of aliphatic imine (C=N–C) groups is 1. The van der Waals surface area contributed by atoms with E-state index < -0.39 is 90.3 Å². The number of ether oxygens (including phenoxy) is 3. The predicted octanol–water partition coefficient (Wildman–Crippen LogP) is -0.974. The number of aryl methyl sites for hydroxylation is 1. The topological polar surface area (TPSA) is 310 Å². The largest absolute Gasteiger partial charge is 0.507 e. The number of imide groups is 1. The minimum atomic E-state index is -3.13. The Kier molecular flexibility index (Phi) is 11.3. The average molecular weight is 805 g/mol. The lowest BCUT2D eigenvalue weighted by atomic mass is 9.74. The van der Waals surface area contributed by atoms with E-state index in [0.717, 1.165) is 17.1 Å². The molecule has 0 radical (unpaired) electrons. The number of anilines is 1. The first-order chi connectivity index (χ1) is 27.4. The number of phenols is 1. The normalized spacial score (nSPS) is 24.8. The molecule has 3 heterocycles. The van der Waals surface area contributed by atoms with Crippen LogP contribution >= 0.6 is 0 Å². The van der Waals surface area contributed by atoms with Crippen LogP contribution in [0.15, 0.2) is 47.6 Å². The number of hydrogen-bond donors (Lipinski definition) is 9. The minimum absolute atomic E-state index is 0.0218. The first kappa shape index (κ1) is 41.7. The number of aliphatic hydroxyl groups excluding tert-OH is 3. The summed E-state index contributed by atoms with van der Waals surface area (Å²) in [5.74, 6) is -7.93. The summed E-state index contributed by atoms with van der Waals surface area (Å²) < 4.78 is 17.3. The van der Waals surface area contributed by atoms with Crippen LogP contribution < -0.4 is 26.3 Å². The molecular weight excluding hydrogens is 760 g/mol. The lowest BCUT2D eigenvalue weighted by Gasteiger charge is -2.53. The Morgan fingerprint density at radius 2 is 1.74 bits per heavy atom. The molecule has 2 aromatic carbocycles. The van der Waals surface area contributed by atoms with Crippen molar-refractivity contribution >= 4 is 35.2 Å². The number of aromatic hydroxyl groups is 1. The quantitative estimate of drug-likeness (QED) is 0.0472. The SMILES string of the molecule is CCc1c(OC)cc(O[C@@H]2O[C@](O)(CO)[C@](O)(C[C@H](CN3C(=O)C=CC3=O)c3ccnc(N)c3)[C@H](O)[C@H]2O)c2c1C(=O)c1cc(C)c(CNC(N)=NC)c(O)c1C2=O. The molecule has 3 aliphatic rings. The molecule has 11 N–H and O–H groups in total. The van der Waals surface area contributed by atoms with E-state index in [-0.39, 0.29) is 58.3 Å². The van der Waals surface area contributed by atoms with Gasteiger partial charge in [-0.2, -0.15) is 0 Å². The first-order valence-corrected chi connectivity index (χ1v) is 18.1. The molecule has 19 heteroatoms. The van der Waals surface area contributed by atoms with Crippen molar-refractivity contribution in [2.24, 2.45) is 10.7 Å². The smallest absolute Gasteiger partial charge is 0.253 e. The van der Waals surface area contributed by atoms with Gasteiger partial charge < -0.3 is 61.6 Å². The maximum Gasteiger partial charge on any atom is 0.253 e. The van der Waals surface area contributed by atoms with Crippen LogP contribution in [-0.2, 0) is 27.3 Å². The van der Waals surface area contributed by atoms with Crippen molar-refractivity contribution in [1.82, 2.24) is 15.2 Å². The Morgan fingerprint density at radius 1 is 1.05 bits per heavy atom. The van der Waals surface area contributed by atoms with Crippen molar-refractivity contribution in [3.8, 4) is 17.2 Å². The Balaban J connectivity index is 1.40. The Bertz CT molecular complexity index is 2240. The lowest BCUT2D eigenvalue weighted by molar-refractivity contribution is -0.420. The number of guanidine groups is 1. The highest BCUT2D eigenvalue weighted by Gasteiger charge is 2.65. The first-order valence-electron chi connectivity index (χ1n) is 18.1. The molecule has 3 aromatic rings. The van der Waals surface area contributed by atoms with Crippen LogP contribution in [0.4, 0.5) is 5.82 Å². The van der Waals surface area contributed by atoms with E-state index in [0.29, 0.717) is 16.7 Å². The van der Waals surface area contributed by atoms with Crippen molar-refractivity contribution in [1.29, 1.82) is 0 Å². The van der Waals surface area contributed by atoms with Crippen LogP contribution in [0.25, 0.3) is 0 Å². The Labute approximate surface area is 331 Å². The van der Waals surface area contributed by atoms with Crippen molar-refractivity contribution in [3.05, 3.63) is 87.1 Å². The van der Waals surface area contributed by atoms with Crippen LogP contribution in [0.1, 0.15) is 73.4 Å². The van der Waals surface area contributed by atoms with E-state index in [1.807, 2.05) is 0 Å². The van der Waals surface area contributed by atoms with Crippen molar-refractivity contribution in [2.45, 2.75) is 69.0 Å². The molecule has 0 unspecified atom stereocenters. The monoisotopic (exact) mass is 804 g/mol. The van der Waals surface area contributed by atoms with Crippen LogP contribution in [0, 0.1) is 6.92 Å². The standard InChI is InChI=1S/C39H44N6O13/c1-5-20-23(56-4)12-24(30-28(20)31(49)21-10-17(2)22(14-44-37(41)42-3)32(50)29(21)33(30)51)57-36-34(52)35(53)38(54,39(55,16-46)58-36)13-19(18-8-9-43-25(40)11-18)15-45-26(47)6-7-27(45)48/h6-12,19,34-36,46,50,52-55H,5,13-16H2,1-4H3,(H2,40,43)(H3,41,42,44)/t19-,34-,35-,36-,38+,39-/m1/s1. The molecule has 1 aromatic heterocycles. The summed E-state index contributed by atoms with van der Waals surface area (Å²) in [5.41, 5.74) is 9.06. The number of nitrogens with zero attached hydrogens (tertiary/aromatic N) is 3. The highest BCUT2D eigenvalue weighted by Crippen LogP contribution is 2.47. The fourth-order valence-corrected chi connectivity index (χ4v) is 7.68. The third-order valence-corrected chi connectivity index (χ3v) is 10.8. The van der Waals surface area contributed by atoms with Gasteiger partial charge in [0.25, 0.3) is 11.8 Å². The van der Waals surface area contributed by atoms with Gasteiger partial charge in [-0.1, -0.05) is 6.92 Å². The highest BCUT2D eigenvalue weighted by molar-refractivity contribution is 6.31. The molecule has 6 rings (SSSR count). The summed E-state index contributed by atoms with van der Waals surface area (Å²) in [6.07, 6.45) is -3.95. The second kappa shape index (κ2) is 15.8. The average Bonchev–Trinajstić information content (AvgIpc) is 3.52. The van der Waals surface area contributed by atoms with Crippen molar-refractivity contribution in [3.63, 3.8) is 0 Å². The number of phenolic OH excluding ortho intramolecular Hbond substituents is 1. The van der Waals surface area contributed by atoms with Crippen molar-refractivity contribution < 1.29 is 64.0 Å². The Morgan fingerprint density at radius 3 is 2.34 bits per heavy atom. The lowest BCUT2D eigenvalue weighted by Crippen LogP contribution is -2.75. The number of rotatable bonds is 12. The summed E-state index contributed by atoms with van der Waals surface area (Å²) in [7, 11) is 2.76. The second-order valence-corrected chi connectivity index (χ2v) is 14.2. The van der Waals surface area contributed by atoms with Gasteiger partial charge in [-0.15, -0.1) is 0 Å². The molecule has 1 saturated heterocycles. The third-order valence-electron chi connectivity index (χ3n) is 10.8. The fraction of sp³-hybridized carbons (Fsp3) is 0.385. The van der Waals surface area contributed by atoms with Gasteiger partial charge in [-0.05, 0) is 49.1 Å². The van der Waals surface area contributed by atoms with Crippen LogP contribution in [0.2, 0.25) is 0 Å². The second-order valence-electron chi connectivity index (χ2n) is 14.2. The molecule has 58 heavy (non-hydrogen) atoms. The summed E-state index contributed by atoms with van der Waals surface area (Å²) >= 11 is 0. The van der Waals surface area contributed by atoms with Gasteiger partial charge in [0.2, 0.25) is 17.9 Å². The van der Waals surface area contributed by atoms with Gasteiger partial charge in [0.1, 0.15) is 47.5 Å². The van der Waals surface area contributed by atoms with Gasteiger partial charge in [0.05, 0.1) is 18.2 Å². The maximum atomic E-state index is 14.5. The van der Waals surface area contributed by atoms with Gasteiger partial charge >= 0.3 is 0 Å². The summed E-state index contributed by atoms with van der Waals surface area (Å²) in [4.78, 5) is 62.5. The number of carbonyl (C=O) groups excluding carboxylic acids is 4. The third kappa shape index (κ3) is 6.90. The van der Waals surface area contributed by atoms with E-state index in [2.05, 4.69) is 15.3 Å². The Hall–Kier alpha value is -5.96.